The molecule has 5 heteroatoms. The van der Waals surface area contributed by atoms with Crippen LogP contribution in [0.5, 0.6) is 0 Å². The van der Waals surface area contributed by atoms with Crippen LogP contribution in [0.3, 0.4) is 0 Å². The minimum atomic E-state index is -0.843. The van der Waals surface area contributed by atoms with Gasteiger partial charge in [0.2, 0.25) is 0 Å². The summed E-state index contributed by atoms with van der Waals surface area (Å²) in [7, 11) is 3.45. The van der Waals surface area contributed by atoms with Crippen LogP contribution in [0.25, 0.3) is 0 Å². The second kappa shape index (κ2) is 7.16. The number of halogens is 3. The fourth-order valence-electron chi connectivity index (χ4n) is 2.00. The van der Waals surface area contributed by atoms with E-state index in [1.165, 1.54) is 0 Å². The Kier molecular flexibility index (Phi) is 6.18. The summed E-state index contributed by atoms with van der Waals surface area (Å²) in [5.74, 6) is -1.44. The molecule has 2 unspecified atom stereocenters. The van der Waals surface area contributed by atoms with Crippen molar-refractivity contribution in [1.82, 2.24) is 5.32 Å². The summed E-state index contributed by atoms with van der Waals surface area (Å²) in [5, 5.41) is 3.14. The van der Waals surface area contributed by atoms with Crippen LogP contribution in [0.1, 0.15) is 24.9 Å². The molecular formula is C13H18BrF2NO. The summed E-state index contributed by atoms with van der Waals surface area (Å²) < 4.78 is 31.8. The summed E-state index contributed by atoms with van der Waals surface area (Å²) in [4.78, 5) is 0. The summed E-state index contributed by atoms with van der Waals surface area (Å²) in [5.41, 5.74) is 0.722. The third-order valence-electron chi connectivity index (χ3n) is 3.06. The maximum atomic E-state index is 13.5. The minimum Gasteiger partial charge on any atom is -0.385 e. The molecule has 2 atom stereocenters. The average Bonchev–Trinajstić information content (AvgIpc) is 2.37. The predicted octanol–water partition coefficient (Wildman–Crippen LogP) is 3.66. The second-order valence-corrected chi connectivity index (χ2v) is 5.08. The highest BCUT2D eigenvalue weighted by Crippen LogP contribution is 2.32. The molecule has 18 heavy (non-hydrogen) atoms. The molecule has 0 radical (unpaired) electrons. The molecule has 0 spiro atoms. The zero-order chi connectivity index (χ0) is 13.7. The Morgan fingerprint density at radius 2 is 2.06 bits per heavy atom. The molecule has 0 heterocycles. The van der Waals surface area contributed by atoms with Crippen LogP contribution < -0.4 is 5.32 Å². The quantitative estimate of drug-likeness (QED) is 0.807. The topological polar surface area (TPSA) is 21.3 Å². The Morgan fingerprint density at radius 1 is 1.39 bits per heavy atom. The summed E-state index contributed by atoms with van der Waals surface area (Å²) in [6, 6.07) is 2.71. The van der Waals surface area contributed by atoms with Crippen molar-refractivity contribution in [2.24, 2.45) is 5.92 Å². The van der Waals surface area contributed by atoms with E-state index in [1.807, 2.05) is 14.0 Å². The van der Waals surface area contributed by atoms with Crippen LogP contribution in [-0.2, 0) is 4.74 Å². The molecule has 0 saturated carbocycles. The van der Waals surface area contributed by atoms with E-state index in [-0.39, 0.29) is 16.4 Å². The van der Waals surface area contributed by atoms with E-state index in [9.17, 15) is 8.78 Å². The Morgan fingerprint density at radius 3 is 2.61 bits per heavy atom. The SMILES string of the molecule is CNC(c1ccc(F)c(F)c1Br)C(C)CCOC. The standard InChI is InChI=1S/C13H18BrF2NO/c1-8(6-7-18-3)13(17-2)9-4-5-10(15)12(16)11(9)14/h4-5,8,13,17H,6-7H2,1-3H3. The highest BCUT2D eigenvalue weighted by atomic mass is 79.9. The molecule has 0 aliphatic rings. The van der Waals surface area contributed by atoms with Crippen molar-refractivity contribution in [2.45, 2.75) is 19.4 Å². The molecule has 1 rings (SSSR count). The van der Waals surface area contributed by atoms with Crippen LogP contribution in [-0.4, -0.2) is 20.8 Å². The first-order chi connectivity index (χ1) is 8.52. The average molecular weight is 322 g/mol. The summed E-state index contributed by atoms with van der Waals surface area (Å²) in [6.07, 6.45) is 0.841. The number of benzene rings is 1. The van der Waals surface area contributed by atoms with E-state index in [0.717, 1.165) is 18.1 Å². The van der Waals surface area contributed by atoms with Crippen LogP contribution in [0.15, 0.2) is 16.6 Å². The van der Waals surface area contributed by atoms with E-state index >= 15 is 0 Å². The molecule has 1 aromatic carbocycles. The van der Waals surface area contributed by atoms with E-state index in [4.69, 9.17) is 4.74 Å². The van der Waals surface area contributed by atoms with Gasteiger partial charge in [-0.15, -0.1) is 0 Å². The molecule has 102 valence electrons. The normalized spacial score (nSPS) is 14.6. The molecular weight excluding hydrogens is 304 g/mol. The van der Waals surface area contributed by atoms with Gasteiger partial charge in [-0.1, -0.05) is 13.0 Å². The number of ether oxygens (including phenoxy) is 1. The van der Waals surface area contributed by atoms with Gasteiger partial charge in [-0.3, -0.25) is 0 Å². The van der Waals surface area contributed by atoms with Gasteiger partial charge in [0.15, 0.2) is 11.6 Å². The molecule has 0 bridgehead atoms. The lowest BCUT2D eigenvalue weighted by Gasteiger charge is -2.25. The molecule has 0 aliphatic carbocycles. The van der Waals surface area contributed by atoms with Crippen molar-refractivity contribution in [3.63, 3.8) is 0 Å². The van der Waals surface area contributed by atoms with Gasteiger partial charge in [-0.2, -0.15) is 0 Å². The van der Waals surface area contributed by atoms with Crippen LogP contribution >= 0.6 is 15.9 Å². The van der Waals surface area contributed by atoms with Crippen molar-refractivity contribution < 1.29 is 13.5 Å². The lowest BCUT2D eigenvalue weighted by Crippen LogP contribution is -2.25. The monoisotopic (exact) mass is 321 g/mol. The van der Waals surface area contributed by atoms with Crippen molar-refractivity contribution in [2.75, 3.05) is 20.8 Å². The first kappa shape index (κ1) is 15.5. The maximum Gasteiger partial charge on any atom is 0.173 e. The molecule has 0 amide bonds. The molecule has 0 saturated heterocycles. The highest BCUT2D eigenvalue weighted by molar-refractivity contribution is 9.10. The van der Waals surface area contributed by atoms with Crippen molar-refractivity contribution in [3.05, 3.63) is 33.8 Å². The van der Waals surface area contributed by atoms with Gasteiger partial charge < -0.3 is 10.1 Å². The van der Waals surface area contributed by atoms with E-state index in [2.05, 4.69) is 21.2 Å². The van der Waals surface area contributed by atoms with Gasteiger partial charge in [-0.25, -0.2) is 8.78 Å². The summed E-state index contributed by atoms with van der Waals surface area (Å²) in [6.45, 7) is 2.69. The third kappa shape index (κ3) is 3.49. The Bertz CT molecular complexity index is 401. The number of methoxy groups -OCH3 is 1. The second-order valence-electron chi connectivity index (χ2n) is 4.29. The van der Waals surface area contributed by atoms with Gasteiger partial charge in [0.1, 0.15) is 0 Å². The van der Waals surface area contributed by atoms with Gasteiger partial charge in [0.05, 0.1) is 4.47 Å². The zero-order valence-electron chi connectivity index (χ0n) is 10.8. The molecule has 0 aliphatic heterocycles. The number of hydrogen-bond donors (Lipinski definition) is 1. The molecule has 1 aromatic rings. The van der Waals surface area contributed by atoms with Gasteiger partial charge >= 0.3 is 0 Å². The van der Waals surface area contributed by atoms with Crippen LogP contribution in [0, 0.1) is 17.6 Å². The van der Waals surface area contributed by atoms with Crippen molar-refractivity contribution in [3.8, 4) is 0 Å². The lowest BCUT2D eigenvalue weighted by atomic mass is 9.92. The fraction of sp³-hybridized carbons (Fsp3) is 0.538. The van der Waals surface area contributed by atoms with E-state index in [0.29, 0.717) is 6.61 Å². The largest absolute Gasteiger partial charge is 0.385 e. The molecule has 0 aromatic heterocycles. The van der Waals surface area contributed by atoms with Crippen LogP contribution in [0.2, 0.25) is 0 Å². The lowest BCUT2D eigenvalue weighted by molar-refractivity contribution is 0.171. The number of hydrogen-bond acceptors (Lipinski definition) is 2. The van der Waals surface area contributed by atoms with E-state index in [1.54, 1.807) is 13.2 Å². The van der Waals surface area contributed by atoms with Crippen molar-refractivity contribution >= 4 is 15.9 Å². The van der Waals surface area contributed by atoms with Crippen LogP contribution in [0.4, 0.5) is 8.78 Å². The minimum absolute atomic E-state index is 0.0513. The first-order valence-corrected chi connectivity index (χ1v) is 6.61. The Hall–Kier alpha value is -0.520. The third-order valence-corrected chi connectivity index (χ3v) is 3.86. The van der Waals surface area contributed by atoms with Gasteiger partial charge in [0.25, 0.3) is 0 Å². The predicted molar refractivity (Wildman–Crippen MR) is 71.5 cm³/mol. The number of rotatable bonds is 6. The highest BCUT2D eigenvalue weighted by Gasteiger charge is 2.22. The first-order valence-electron chi connectivity index (χ1n) is 5.82. The van der Waals surface area contributed by atoms with Crippen molar-refractivity contribution in [1.29, 1.82) is 0 Å². The Balaban J connectivity index is 2.98. The molecule has 1 N–H and O–H groups in total. The smallest absolute Gasteiger partial charge is 0.173 e. The molecule has 2 nitrogen and oxygen atoms in total. The maximum absolute atomic E-state index is 13.5. The van der Waals surface area contributed by atoms with E-state index < -0.39 is 11.6 Å². The van der Waals surface area contributed by atoms with Gasteiger partial charge in [-0.05, 0) is 46.9 Å². The summed E-state index contributed by atoms with van der Waals surface area (Å²) >= 11 is 3.12. The molecule has 0 fully saturated rings. The number of nitrogens with one attached hydrogen (secondary N) is 1. The fourth-order valence-corrected chi connectivity index (χ4v) is 2.57. The Labute approximate surface area is 115 Å². The zero-order valence-corrected chi connectivity index (χ0v) is 12.4. The van der Waals surface area contributed by atoms with Gasteiger partial charge in [0, 0.05) is 19.8 Å².